The quantitative estimate of drug-likeness (QED) is 0.785. The van der Waals surface area contributed by atoms with E-state index in [9.17, 15) is 9.90 Å². The number of hydrogen-bond donors (Lipinski definition) is 2. The smallest absolute Gasteiger partial charge is 0.306 e. The molecule has 1 fully saturated rings. The molecule has 0 radical (unpaired) electrons. The van der Waals surface area contributed by atoms with Crippen LogP contribution in [-0.4, -0.2) is 16.2 Å². The standard InChI is InChI=1S/C10H12O3S/c1-6-2-8(5-14-6)10(13)3-7(4-10)9(11)12/h2,5,7,13H,3-4H2,1H3,(H,11,12). The molecule has 1 aromatic rings. The van der Waals surface area contributed by atoms with E-state index in [0.717, 1.165) is 10.4 Å². The lowest BCUT2D eigenvalue weighted by Gasteiger charge is -2.41. The van der Waals surface area contributed by atoms with E-state index in [-0.39, 0.29) is 5.92 Å². The van der Waals surface area contributed by atoms with Crippen molar-refractivity contribution in [3.05, 3.63) is 21.9 Å². The van der Waals surface area contributed by atoms with Crippen LogP contribution in [0.3, 0.4) is 0 Å². The van der Waals surface area contributed by atoms with Crippen LogP contribution in [0.4, 0.5) is 0 Å². The third-order valence-corrected chi connectivity index (χ3v) is 3.65. The molecule has 4 heteroatoms. The summed E-state index contributed by atoms with van der Waals surface area (Å²) in [7, 11) is 0. The Kier molecular flexibility index (Phi) is 2.12. The zero-order chi connectivity index (χ0) is 10.3. The summed E-state index contributed by atoms with van der Waals surface area (Å²) < 4.78 is 0. The Bertz CT molecular complexity index is 363. The van der Waals surface area contributed by atoms with Crippen LogP contribution in [0.5, 0.6) is 0 Å². The molecule has 1 saturated carbocycles. The first-order valence-corrected chi connectivity index (χ1v) is 5.40. The molecule has 0 spiro atoms. The van der Waals surface area contributed by atoms with Crippen molar-refractivity contribution in [3.8, 4) is 0 Å². The highest BCUT2D eigenvalue weighted by Crippen LogP contribution is 2.46. The van der Waals surface area contributed by atoms with E-state index in [0.29, 0.717) is 12.8 Å². The summed E-state index contributed by atoms with van der Waals surface area (Å²) in [5.74, 6) is -1.18. The van der Waals surface area contributed by atoms with Gasteiger partial charge in [-0.1, -0.05) is 0 Å². The van der Waals surface area contributed by atoms with Crippen LogP contribution in [0.1, 0.15) is 23.3 Å². The van der Waals surface area contributed by atoms with Gasteiger partial charge in [-0.2, -0.15) is 0 Å². The van der Waals surface area contributed by atoms with Gasteiger partial charge >= 0.3 is 5.97 Å². The van der Waals surface area contributed by atoms with Gasteiger partial charge in [0, 0.05) is 4.88 Å². The molecule has 1 aliphatic rings. The molecule has 0 saturated heterocycles. The van der Waals surface area contributed by atoms with Crippen LogP contribution >= 0.6 is 11.3 Å². The highest BCUT2D eigenvalue weighted by molar-refractivity contribution is 7.10. The van der Waals surface area contributed by atoms with Crippen LogP contribution in [0.2, 0.25) is 0 Å². The van der Waals surface area contributed by atoms with E-state index in [1.54, 1.807) is 11.3 Å². The molecular formula is C10H12O3S. The van der Waals surface area contributed by atoms with Crippen LogP contribution in [-0.2, 0) is 10.4 Å². The predicted octanol–water partition coefficient (Wildman–Crippen LogP) is 1.74. The average molecular weight is 212 g/mol. The molecule has 0 aromatic carbocycles. The molecule has 2 rings (SSSR count). The number of thiophene rings is 1. The lowest BCUT2D eigenvalue weighted by Crippen LogP contribution is -2.44. The van der Waals surface area contributed by atoms with E-state index in [4.69, 9.17) is 5.11 Å². The van der Waals surface area contributed by atoms with E-state index in [1.165, 1.54) is 0 Å². The topological polar surface area (TPSA) is 57.5 Å². The molecular weight excluding hydrogens is 200 g/mol. The predicted molar refractivity (Wildman–Crippen MR) is 53.3 cm³/mol. The van der Waals surface area contributed by atoms with Crippen LogP contribution in [0, 0.1) is 12.8 Å². The fourth-order valence-electron chi connectivity index (χ4n) is 1.85. The molecule has 0 amide bonds. The summed E-state index contributed by atoms with van der Waals surface area (Å²) in [5.41, 5.74) is -0.00845. The number of carboxylic acids is 1. The lowest BCUT2D eigenvalue weighted by molar-refractivity contribution is -0.159. The minimum Gasteiger partial charge on any atom is -0.481 e. The second-order valence-electron chi connectivity index (χ2n) is 3.92. The lowest BCUT2D eigenvalue weighted by atomic mass is 9.68. The molecule has 14 heavy (non-hydrogen) atoms. The van der Waals surface area contributed by atoms with E-state index in [1.807, 2.05) is 18.4 Å². The minimum absolute atomic E-state index is 0.346. The first-order valence-electron chi connectivity index (χ1n) is 4.52. The molecule has 0 bridgehead atoms. The molecule has 0 unspecified atom stereocenters. The fourth-order valence-corrected chi connectivity index (χ4v) is 2.65. The van der Waals surface area contributed by atoms with Crippen LogP contribution in [0.15, 0.2) is 11.4 Å². The molecule has 1 aromatic heterocycles. The number of aliphatic hydroxyl groups is 1. The summed E-state index contributed by atoms with van der Waals surface area (Å²) >= 11 is 1.58. The summed E-state index contributed by atoms with van der Waals surface area (Å²) in [6.45, 7) is 1.98. The highest BCUT2D eigenvalue weighted by Gasteiger charge is 2.47. The molecule has 2 N–H and O–H groups in total. The Balaban J connectivity index is 2.11. The number of aryl methyl sites for hydroxylation is 1. The average Bonchev–Trinajstić information content (AvgIpc) is 2.45. The van der Waals surface area contributed by atoms with Crippen molar-refractivity contribution in [1.82, 2.24) is 0 Å². The van der Waals surface area contributed by atoms with Gasteiger partial charge in [0.1, 0.15) is 0 Å². The Hall–Kier alpha value is -0.870. The maximum absolute atomic E-state index is 10.6. The van der Waals surface area contributed by atoms with Crippen molar-refractivity contribution in [2.24, 2.45) is 5.92 Å². The third kappa shape index (κ3) is 1.44. The van der Waals surface area contributed by atoms with Gasteiger partial charge in [0.05, 0.1) is 11.5 Å². The molecule has 1 aliphatic carbocycles. The normalized spacial score (nSPS) is 31.1. The zero-order valence-electron chi connectivity index (χ0n) is 7.86. The first kappa shape index (κ1) is 9.68. The van der Waals surface area contributed by atoms with Gasteiger partial charge in [-0.25, -0.2) is 0 Å². The maximum atomic E-state index is 10.6. The second kappa shape index (κ2) is 3.07. The maximum Gasteiger partial charge on any atom is 0.306 e. The van der Waals surface area contributed by atoms with Crippen molar-refractivity contribution in [2.45, 2.75) is 25.4 Å². The largest absolute Gasteiger partial charge is 0.481 e. The van der Waals surface area contributed by atoms with Gasteiger partial charge < -0.3 is 10.2 Å². The van der Waals surface area contributed by atoms with Gasteiger partial charge in [-0.05, 0) is 36.8 Å². The summed E-state index contributed by atoms with van der Waals surface area (Å²) in [6, 6.07) is 1.93. The number of hydrogen-bond acceptors (Lipinski definition) is 3. The fraction of sp³-hybridized carbons (Fsp3) is 0.500. The molecule has 3 nitrogen and oxygen atoms in total. The molecule has 1 heterocycles. The highest BCUT2D eigenvalue weighted by atomic mass is 32.1. The number of aliphatic carboxylic acids is 1. The van der Waals surface area contributed by atoms with E-state index >= 15 is 0 Å². The summed E-state index contributed by atoms with van der Waals surface area (Å²) in [4.78, 5) is 11.7. The Morgan fingerprint density at radius 3 is 2.71 bits per heavy atom. The molecule has 0 atom stereocenters. The van der Waals surface area contributed by atoms with Crippen molar-refractivity contribution >= 4 is 17.3 Å². The molecule has 76 valence electrons. The number of rotatable bonds is 2. The van der Waals surface area contributed by atoms with Gasteiger partial charge in [-0.15, -0.1) is 11.3 Å². The Morgan fingerprint density at radius 1 is 1.64 bits per heavy atom. The van der Waals surface area contributed by atoms with Crippen molar-refractivity contribution in [2.75, 3.05) is 0 Å². The summed E-state index contributed by atoms with van der Waals surface area (Å²) in [5, 5.41) is 20.7. The van der Waals surface area contributed by atoms with Crippen LogP contribution < -0.4 is 0 Å². The van der Waals surface area contributed by atoms with Gasteiger partial charge in [-0.3, -0.25) is 4.79 Å². The van der Waals surface area contributed by atoms with Crippen molar-refractivity contribution < 1.29 is 15.0 Å². The summed E-state index contributed by atoms with van der Waals surface area (Å²) in [6.07, 6.45) is 0.691. The zero-order valence-corrected chi connectivity index (χ0v) is 8.67. The Morgan fingerprint density at radius 2 is 2.29 bits per heavy atom. The van der Waals surface area contributed by atoms with E-state index in [2.05, 4.69) is 0 Å². The Labute approximate surface area is 86.0 Å². The third-order valence-electron chi connectivity index (χ3n) is 2.79. The van der Waals surface area contributed by atoms with Crippen molar-refractivity contribution in [1.29, 1.82) is 0 Å². The van der Waals surface area contributed by atoms with Gasteiger partial charge in [0.15, 0.2) is 0 Å². The van der Waals surface area contributed by atoms with Crippen molar-refractivity contribution in [3.63, 3.8) is 0 Å². The molecule has 0 aliphatic heterocycles. The first-order chi connectivity index (χ1) is 6.51. The van der Waals surface area contributed by atoms with Gasteiger partial charge in [0.2, 0.25) is 0 Å². The number of carbonyl (C=O) groups is 1. The number of carboxylic acid groups (broad SMARTS) is 1. The van der Waals surface area contributed by atoms with Gasteiger partial charge in [0.25, 0.3) is 0 Å². The van der Waals surface area contributed by atoms with E-state index < -0.39 is 11.6 Å². The monoisotopic (exact) mass is 212 g/mol. The SMILES string of the molecule is Cc1cc(C2(O)CC(C(=O)O)C2)cs1. The second-order valence-corrected chi connectivity index (χ2v) is 5.04. The van der Waals surface area contributed by atoms with Crippen LogP contribution in [0.25, 0.3) is 0 Å². The minimum atomic E-state index is -0.881.